The van der Waals surface area contributed by atoms with Crippen molar-refractivity contribution in [2.24, 2.45) is 5.41 Å². The summed E-state index contributed by atoms with van der Waals surface area (Å²) in [6.45, 7) is 6.76. The lowest BCUT2D eigenvalue weighted by molar-refractivity contribution is 0.102. The average molecular weight is 549 g/mol. The van der Waals surface area contributed by atoms with Gasteiger partial charge in [-0.3, -0.25) is 4.79 Å². The maximum absolute atomic E-state index is 13.4. The van der Waals surface area contributed by atoms with Gasteiger partial charge in [0.1, 0.15) is 0 Å². The molecule has 1 aliphatic heterocycles. The fraction of sp³-hybridized carbons (Fsp3) is 0.500. The van der Waals surface area contributed by atoms with Gasteiger partial charge in [-0.2, -0.15) is 0 Å². The molecule has 0 aromatic heterocycles. The molecule has 11 heteroatoms. The smallest absolute Gasteiger partial charge is 0.257 e. The van der Waals surface area contributed by atoms with Crippen molar-refractivity contribution in [2.45, 2.75) is 61.8 Å². The van der Waals surface area contributed by atoms with Crippen molar-refractivity contribution in [3.8, 4) is 0 Å². The van der Waals surface area contributed by atoms with Crippen LogP contribution in [0.2, 0.25) is 0 Å². The van der Waals surface area contributed by atoms with Crippen LogP contribution in [0.4, 0.5) is 11.4 Å². The standard InChI is InChI=1S/C26H36N4O5S2/c1-25(2,3)28-36(32,33)20-8-6-7-19(17-20)27-24(31)22-10-9-21(37(34,35)29(4)5)18-23(22)30-15-13-26(11-12-26)14-16-30/h6-10,17-18,28H,11-16H2,1-5H3,(H,27,31). The highest BCUT2D eigenvalue weighted by molar-refractivity contribution is 7.89. The quantitative estimate of drug-likeness (QED) is 0.546. The van der Waals surface area contributed by atoms with Crippen molar-refractivity contribution in [1.82, 2.24) is 9.03 Å². The van der Waals surface area contributed by atoms with E-state index >= 15 is 0 Å². The Labute approximate surface area is 220 Å². The maximum Gasteiger partial charge on any atom is 0.257 e. The van der Waals surface area contributed by atoms with Crippen molar-refractivity contribution in [3.63, 3.8) is 0 Å². The SMILES string of the molecule is CN(C)S(=O)(=O)c1ccc(C(=O)Nc2cccc(S(=O)(=O)NC(C)(C)C)c2)c(N2CCC3(CC2)CC3)c1. The number of benzene rings is 2. The van der Waals surface area contributed by atoms with Crippen LogP contribution >= 0.6 is 0 Å². The predicted molar refractivity (Wildman–Crippen MR) is 145 cm³/mol. The number of anilines is 2. The average Bonchev–Trinajstić information content (AvgIpc) is 3.56. The zero-order chi connectivity index (χ0) is 27.2. The van der Waals surface area contributed by atoms with Crippen LogP contribution in [0, 0.1) is 5.41 Å². The third-order valence-electron chi connectivity index (χ3n) is 6.96. The molecule has 0 radical (unpaired) electrons. The van der Waals surface area contributed by atoms with Gasteiger partial charge < -0.3 is 10.2 Å². The van der Waals surface area contributed by atoms with Gasteiger partial charge in [0.05, 0.1) is 21.0 Å². The molecule has 37 heavy (non-hydrogen) atoms. The van der Waals surface area contributed by atoms with E-state index in [1.807, 2.05) is 0 Å². The molecule has 2 aromatic rings. The number of nitrogens with zero attached hydrogens (tertiary/aromatic N) is 2. The minimum absolute atomic E-state index is 0.0404. The highest BCUT2D eigenvalue weighted by Crippen LogP contribution is 2.54. The zero-order valence-electron chi connectivity index (χ0n) is 22.0. The topological polar surface area (TPSA) is 116 Å². The summed E-state index contributed by atoms with van der Waals surface area (Å²) in [5, 5.41) is 2.80. The van der Waals surface area contributed by atoms with Crippen molar-refractivity contribution >= 4 is 37.3 Å². The zero-order valence-corrected chi connectivity index (χ0v) is 23.7. The Morgan fingerprint density at radius 1 is 0.919 bits per heavy atom. The fourth-order valence-corrected chi connectivity index (χ4v) is 7.02. The Kier molecular flexibility index (Phi) is 7.21. The first-order valence-electron chi connectivity index (χ1n) is 12.4. The molecule has 2 fully saturated rings. The number of carbonyl (C=O) groups is 1. The van der Waals surface area contributed by atoms with Gasteiger partial charge in [-0.15, -0.1) is 0 Å². The van der Waals surface area contributed by atoms with E-state index in [1.54, 1.807) is 39.0 Å². The Balaban J connectivity index is 1.65. The van der Waals surface area contributed by atoms with Gasteiger partial charge in [0, 0.05) is 38.4 Å². The highest BCUT2D eigenvalue weighted by Gasteiger charge is 2.44. The normalized spacial score (nSPS) is 17.7. The molecule has 2 N–H and O–H groups in total. The number of hydrogen-bond acceptors (Lipinski definition) is 6. The molecule has 9 nitrogen and oxygen atoms in total. The van der Waals surface area contributed by atoms with Crippen LogP contribution < -0.4 is 14.9 Å². The third kappa shape index (κ3) is 6.17. The maximum atomic E-state index is 13.4. The van der Waals surface area contributed by atoms with Crippen LogP contribution in [0.1, 0.15) is 56.8 Å². The van der Waals surface area contributed by atoms with E-state index in [2.05, 4.69) is 14.9 Å². The molecule has 0 atom stereocenters. The van der Waals surface area contributed by atoms with Crippen LogP contribution in [0.5, 0.6) is 0 Å². The van der Waals surface area contributed by atoms with Gasteiger partial charge >= 0.3 is 0 Å². The summed E-state index contributed by atoms with van der Waals surface area (Å²) in [6, 6.07) is 10.6. The third-order valence-corrected chi connectivity index (χ3v) is 10.5. The second-order valence-electron chi connectivity index (χ2n) is 11.3. The van der Waals surface area contributed by atoms with Crippen molar-refractivity contribution in [2.75, 3.05) is 37.4 Å². The van der Waals surface area contributed by atoms with Crippen molar-refractivity contribution in [3.05, 3.63) is 48.0 Å². The number of carbonyl (C=O) groups excluding carboxylic acids is 1. The molecular formula is C26H36N4O5S2. The number of hydrogen-bond donors (Lipinski definition) is 2. The first-order valence-corrected chi connectivity index (χ1v) is 15.3. The molecule has 1 spiro atoms. The molecule has 1 amide bonds. The Morgan fingerprint density at radius 2 is 1.57 bits per heavy atom. The fourth-order valence-electron chi connectivity index (χ4n) is 4.64. The Bertz CT molecular complexity index is 1400. The van der Waals surface area contributed by atoms with Gasteiger partial charge in [0.15, 0.2) is 0 Å². The van der Waals surface area contributed by atoms with Crippen molar-refractivity contribution in [1.29, 1.82) is 0 Å². The minimum atomic E-state index is -3.78. The number of sulfonamides is 2. The summed E-state index contributed by atoms with van der Waals surface area (Å²) in [6.07, 6.45) is 4.48. The van der Waals surface area contributed by atoms with E-state index < -0.39 is 31.5 Å². The lowest BCUT2D eigenvalue weighted by atomic mass is 9.93. The molecule has 1 heterocycles. The van der Waals surface area contributed by atoms with E-state index in [0.29, 0.717) is 22.4 Å². The molecule has 2 aliphatic rings. The van der Waals surface area contributed by atoms with Crippen LogP contribution in [0.3, 0.4) is 0 Å². The number of piperidine rings is 1. The first kappa shape index (κ1) is 27.6. The molecule has 0 bridgehead atoms. The van der Waals surface area contributed by atoms with Crippen LogP contribution in [-0.4, -0.2) is 59.8 Å². The second-order valence-corrected chi connectivity index (χ2v) is 15.1. The van der Waals surface area contributed by atoms with Crippen molar-refractivity contribution < 1.29 is 21.6 Å². The number of amides is 1. The molecule has 4 rings (SSSR count). The molecule has 1 saturated heterocycles. The molecule has 0 unspecified atom stereocenters. The van der Waals surface area contributed by atoms with Gasteiger partial charge in [-0.05, 0) is 88.3 Å². The van der Waals surface area contributed by atoms with E-state index in [4.69, 9.17) is 0 Å². The first-order chi connectivity index (χ1) is 17.1. The summed E-state index contributed by atoms with van der Waals surface area (Å²) in [7, 11) is -4.52. The summed E-state index contributed by atoms with van der Waals surface area (Å²) >= 11 is 0. The lowest BCUT2D eigenvalue weighted by Crippen LogP contribution is -2.40. The van der Waals surface area contributed by atoms with E-state index in [9.17, 15) is 21.6 Å². The predicted octanol–water partition coefficient (Wildman–Crippen LogP) is 3.65. The largest absolute Gasteiger partial charge is 0.371 e. The molecule has 2 aromatic carbocycles. The molecule has 1 saturated carbocycles. The van der Waals surface area contributed by atoms with Crippen LogP contribution in [0.15, 0.2) is 52.3 Å². The van der Waals surface area contributed by atoms with E-state index in [-0.39, 0.29) is 9.79 Å². The lowest BCUT2D eigenvalue weighted by Gasteiger charge is -2.35. The highest BCUT2D eigenvalue weighted by atomic mass is 32.2. The van der Waals surface area contributed by atoms with E-state index in [0.717, 1.165) is 30.2 Å². The monoisotopic (exact) mass is 548 g/mol. The van der Waals surface area contributed by atoms with Gasteiger partial charge in [-0.25, -0.2) is 25.9 Å². The van der Waals surface area contributed by atoms with E-state index in [1.165, 1.54) is 51.2 Å². The Morgan fingerprint density at radius 3 is 2.14 bits per heavy atom. The summed E-state index contributed by atoms with van der Waals surface area (Å²) in [5.74, 6) is -0.436. The molecule has 1 aliphatic carbocycles. The Hall–Kier alpha value is -2.47. The van der Waals surface area contributed by atoms with Gasteiger partial charge in [-0.1, -0.05) is 6.07 Å². The number of rotatable bonds is 7. The summed E-state index contributed by atoms with van der Waals surface area (Å²) in [4.78, 5) is 15.7. The van der Waals surface area contributed by atoms with Gasteiger partial charge in [0.25, 0.3) is 5.91 Å². The summed E-state index contributed by atoms with van der Waals surface area (Å²) in [5.41, 5.74) is 0.988. The molecular weight excluding hydrogens is 512 g/mol. The molecule has 202 valence electrons. The summed E-state index contributed by atoms with van der Waals surface area (Å²) < 4.78 is 55.0. The van der Waals surface area contributed by atoms with Crippen LogP contribution in [0.25, 0.3) is 0 Å². The van der Waals surface area contributed by atoms with Crippen LogP contribution in [-0.2, 0) is 20.0 Å². The minimum Gasteiger partial charge on any atom is -0.371 e. The second kappa shape index (κ2) is 9.68. The number of nitrogens with one attached hydrogen (secondary N) is 2. The van der Waals surface area contributed by atoms with Gasteiger partial charge in [0.2, 0.25) is 20.0 Å².